The lowest BCUT2D eigenvalue weighted by atomic mass is 10.1. The third-order valence-corrected chi connectivity index (χ3v) is 5.00. The van der Waals surface area contributed by atoms with Crippen molar-refractivity contribution in [2.75, 3.05) is 0 Å². The zero-order valence-electron chi connectivity index (χ0n) is 11.2. The number of rotatable bonds is 2. The van der Waals surface area contributed by atoms with Gasteiger partial charge in [-0.2, -0.15) is 0 Å². The average molecular weight is 363 g/mol. The van der Waals surface area contributed by atoms with E-state index < -0.39 is 5.97 Å². The quantitative estimate of drug-likeness (QED) is 0.296. The molecule has 0 aliphatic heterocycles. The minimum absolute atomic E-state index is 0.0319. The van der Waals surface area contributed by atoms with Crippen LogP contribution in [0.5, 0.6) is 5.75 Å². The van der Waals surface area contributed by atoms with E-state index in [0.29, 0.717) is 21.9 Å². The highest BCUT2D eigenvalue weighted by molar-refractivity contribution is 9.08. The largest absolute Gasteiger partial charge is 0.427 e. The molecule has 106 valence electrons. The van der Waals surface area contributed by atoms with Gasteiger partial charge in [0.2, 0.25) is 0 Å². The number of esters is 1. The van der Waals surface area contributed by atoms with Gasteiger partial charge in [0.15, 0.2) is 5.43 Å². The second-order valence-corrected chi connectivity index (χ2v) is 6.23. The van der Waals surface area contributed by atoms with Crippen LogP contribution in [0.15, 0.2) is 41.2 Å². The summed E-state index contributed by atoms with van der Waals surface area (Å²) in [6.45, 7) is 1.35. The molecule has 0 unspecified atom stereocenters. The van der Waals surface area contributed by atoms with Crippen molar-refractivity contribution in [3.8, 4) is 5.75 Å². The number of hydrogen-bond donors (Lipinski definition) is 0. The topological polar surface area (TPSA) is 43.4 Å². The van der Waals surface area contributed by atoms with Gasteiger partial charge in [-0.25, -0.2) is 0 Å². The van der Waals surface area contributed by atoms with Crippen molar-refractivity contribution < 1.29 is 9.53 Å². The Morgan fingerprint density at radius 3 is 2.71 bits per heavy atom. The number of fused-ring (bicyclic) bond motifs is 2. The number of ether oxygens (including phenoxy) is 1. The minimum atomic E-state index is -0.396. The number of carbonyl (C=O) groups is 1. The first-order valence-corrected chi connectivity index (χ1v) is 8.27. The van der Waals surface area contributed by atoms with E-state index in [1.54, 1.807) is 23.5 Å². The van der Waals surface area contributed by atoms with Crippen molar-refractivity contribution in [3.05, 3.63) is 52.2 Å². The highest BCUT2D eigenvalue weighted by Gasteiger charge is 2.12. The van der Waals surface area contributed by atoms with Gasteiger partial charge in [-0.1, -0.05) is 28.1 Å². The van der Waals surface area contributed by atoms with Crippen molar-refractivity contribution in [2.24, 2.45) is 0 Å². The van der Waals surface area contributed by atoms with E-state index in [4.69, 9.17) is 4.74 Å². The summed E-state index contributed by atoms with van der Waals surface area (Å²) in [7, 11) is 0. The van der Waals surface area contributed by atoms with Gasteiger partial charge in [0, 0.05) is 32.4 Å². The van der Waals surface area contributed by atoms with Crippen molar-refractivity contribution in [2.45, 2.75) is 12.3 Å². The van der Waals surface area contributed by atoms with E-state index in [0.717, 1.165) is 15.0 Å². The molecule has 21 heavy (non-hydrogen) atoms. The van der Waals surface area contributed by atoms with Crippen molar-refractivity contribution in [3.63, 3.8) is 0 Å². The van der Waals surface area contributed by atoms with Gasteiger partial charge < -0.3 is 4.74 Å². The van der Waals surface area contributed by atoms with E-state index in [1.807, 2.05) is 24.3 Å². The number of halogens is 1. The first-order valence-electron chi connectivity index (χ1n) is 6.33. The predicted molar refractivity (Wildman–Crippen MR) is 89.5 cm³/mol. The number of hydrogen-bond acceptors (Lipinski definition) is 4. The highest BCUT2D eigenvalue weighted by Crippen LogP contribution is 2.32. The van der Waals surface area contributed by atoms with Crippen LogP contribution in [0.2, 0.25) is 0 Å². The zero-order chi connectivity index (χ0) is 15.0. The molecule has 0 saturated heterocycles. The van der Waals surface area contributed by atoms with Crippen LogP contribution in [0.25, 0.3) is 20.2 Å². The zero-order valence-corrected chi connectivity index (χ0v) is 13.6. The maximum absolute atomic E-state index is 12.6. The van der Waals surface area contributed by atoms with Gasteiger partial charge in [0.25, 0.3) is 0 Å². The van der Waals surface area contributed by atoms with Crippen LogP contribution >= 0.6 is 27.3 Å². The second kappa shape index (κ2) is 5.58. The normalized spacial score (nSPS) is 11.0. The van der Waals surface area contributed by atoms with Crippen LogP contribution in [-0.2, 0) is 10.1 Å². The fourth-order valence-electron chi connectivity index (χ4n) is 2.27. The molecule has 2 aromatic carbocycles. The Bertz CT molecular complexity index is 914. The molecular formula is C16H11BrO3S. The standard InChI is InChI=1S/C16H11BrO3S/c1-9(18)20-11-6-10(8-17)16-13(7-11)15(19)12-4-2-3-5-14(12)21-16/h2-7H,8H2,1H3. The predicted octanol–water partition coefficient (Wildman–Crippen LogP) is 4.23. The number of benzene rings is 2. The molecule has 1 aromatic heterocycles. The third kappa shape index (κ3) is 2.59. The highest BCUT2D eigenvalue weighted by atomic mass is 79.9. The molecular weight excluding hydrogens is 352 g/mol. The lowest BCUT2D eigenvalue weighted by Crippen LogP contribution is -2.05. The molecule has 0 saturated carbocycles. The smallest absolute Gasteiger partial charge is 0.308 e. The summed E-state index contributed by atoms with van der Waals surface area (Å²) in [5.74, 6) is 0.0100. The molecule has 3 nitrogen and oxygen atoms in total. The Balaban J connectivity index is 2.41. The molecule has 5 heteroatoms. The third-order valence-electron chi connectivity index (χ3n) is 3.13. The van der Waals surface area contributed by atoms with Crippen LogP contribution < -0.4 is 10.2 Å². The van der Waals surface area contributed by atoms with E-state index in [-0.39, 0.29) is 5.43 Å². The average Bonchev–Trinajstić information content (AvgIpc) is 2.47. The van der Waals surface area contributed by atoms with Crippen molar-refractivity contribution in [1.82, 2.24) is 0 Å². The van der Waals surface area contributed by atoms with Crippen LogP contribution in [0, 0.1) is 0 Å². The van der Waals surface area contributed by atoms with Gasteiger partial charge >= 0.3 is 5.97 Å². The van der Waals surface area contributed by atoms with Crippen LogP contribution in [0.1, 0.15) is 12.5 Å². The SMILES string of the molecule is CC(=O)Oc1cc(CBr)c2sc3ccccc3c(=O)c2c1. The summed E-state index contributed by atoms with van der Waals surface area (Å²) in [5, 5.41) is 1.87. The summed E-state index contributed by atoms with van der Waals surface area (Å²) in [5.41, 5.74) is 0.909. The molecule has 0 atom stereocenters. The first kappa shape index (κ1) is 14.2. The van der Waals surface area contributed by atoms with E-state index in [2.05, 4.69) is 15.9 Å². The fraction of sp³-hybridized carbons (Fsp3) is 0.125. The summed E-state index contributed by atoms with van der Waals surface area (Å²) < 4.78 is 7.02. The molecule has 3 rings (SSSR count). The Morgan fingerprint density at radius 2 is 2.00 bits per heavy atom. The number of carbonyl (C=O) groups excluding carboxylic acids is 1. The molecule has 1 heterocycles. The minimum Gasteiger partial charge on any atom is -0.427 e. The van der Waals surface area contributed by atoms with Crippen LogP contribution in [0.3, 0.4) is 0 Å². The summed E-state index contributed by atoms with van der Waals surface area (Å²) in [6, 6.07) is 11.0. The van der Waals surface area contributed by atoms with Crippen LogP contribution in [-0.4, -0.2) is 5.97 Å². The summed E-state index contributed by atoms with van der Waals surface area (Å²) in [6.07, 6.45) is 0. The first-order chi connectivity index (χ1) is 10.1. The van der Waals surface area contributed by atoms with E-state index in [1.165, 1.54) is 6.92 Å². The van der Waals surface area contributed by atoms with Gasteiger partial charge in [-0.15, -0.1) is 11.3 Å². The molecule has 0 aliphatic rings. The lowest BCUT2D eigenvalue weighted by Gasteiger charge is -2.08. The van der Waals surface area contributed by atoms with E-state index >= 15 is 0 Å². The number of alkyl halides is 1. The van der Waals surface area contributed by atoms with Crippen molar-refractivity contribution >= 4 is 53.4 Å². The van der Waals surface area contributed by atoms with Crippen molar-refractivity contribution in [1.29, 1.82) is 0 Å². The Hall–Kier alpha value is -1.72. The molecule has 0 spiro atoms. The summed E-state index contributed by atoms with van der Waals surface area (Å²) >= 11 is 5.01. The van der Waals surface area contributed by atoms with Crippen LogP contribution in [0.4, 0.5) is 0 Å². The molecule has 3 aromatic rings. The Kier molecular flexibility index (Phi) is 3.78. The maximum atomic E-state index is 12.6. The van der Waals surface area contributed by atoms with Gasteiger partial charge in [0.1, 0.15) is 5.75 Å². The van der Waals surface area contributed by atoms with E-state index in [9.17, 15) is 9.59 Å². The fourth-order valence-corrected chi connectivity index (χ4v) is 4.06. The molecule has 0 aliphatic carbocycles. The monoisotopic (exact) mass is 362 g/mol. The molecule has 0 radical (unpaired) electrons. The maximum Gasteiger partial charge on any atom is 0.308 e. The molecule has 0 amide bonds. The molecule has 0 fully saturated rings. The lowest BCUT2D eigenvalue weighted by molar-refractivity contribution is -0.131. The van der Waals surface area contributed by atoms with Gasteiger partial charge in [-0.3, -0.25) is 9.59 Å². The summed E-state index contributed by atoms with van der Waals surface area (Å²) in [4.78, 5) is 23.8. The van der Waals surface area contributed by atoms with Gasteiger partial charge in [0.05, 0.1) is 0 Å². The molecule has 0 bridgehead atoms. The van der Waals surface area contributed by atoms with Gasteiger partial charge in [-0.05, 0) is 29.8 Å². The Labute approximate surface area is 133 Å². The molecule has 0 N–H and O–H groups in total. The second-order valence-electron chi connectivity index (χ2n) is 4.61. The Morgan fingerprint density at radius 1 is 1.24 bits per heavy atom.